The lowest BCUT2D eigenvalue weighted by Gasteiger charge is -2.26. The largest absolute Gasteiger partial charge is 0.445 e. The van der Waals surface area contributed by atoms with Gasteiger partial charge in [0, 0.05) is 43.8 Å². The van der Waals surface area contributed by atoms with Crippen molar-refractivity contribution in [1.82, 2.24) is 25.8 Å². The van der Waals surface area contributed by atoms with Crippen LogP contribution in [0.5, 0.6) is 0 Å². The minimum Gasteiger partial charge on any atom is -0.445 e. The number of hydrogen-bond acceptors (Lipinski definition) is 8. The molecule has 2 aromatic carbocycles. The number of amides is 6. The molecule has 1 heterocycles. The van der Waals surface area contributed by atoms with Crippen LogP contribution < -0.4 is 32.7 Å². The fraction of sp³-hybridized carbons (Fsp3) is 0.359. The van der Waals surface area contributed by atoms with Gasteiger partial charge in [-0.15, -0.1) is 0 Å². The maximum atomic E-state index is 14.0. The summed E-state index contributed by atoms with van der Waals surface area (Å²) in [7, 11) is 0. The normalized spacial score (nSPS) is 13.2. The molecular weight excluding hydrogens is 694 g/mol. The summed E-state index contributed by atoms with van der Waals surface area (Å²) in [5.41, 5.74) is 12.2. The van der Waals surface area contributed by atoms with Gasteiger partial charge in [0.25, 0.3) is 5.91 Å². The Bertz CT molecular complexity index is 1730. The van der Waals surface area contributed by atoms with Crippen molar-refractivity contribution in [1.29, 1.82) is 0 Å². The number of nitrogens with one attached hydrogen (secondary N) is 4. The van der Waals surface area contributed by atoms with E-state index in [-0.39, 0.29) is 51.0 Å². The number of ether oxygens (including phenoxy) is 1. The van der Waals surface area contributed by atoms with Gasteiger partial charge in [-0.3, -0.25) is 33.3 Å². The van der Waals surface area contributed by atoms with Crippen LogP contribution in [0, 0.1) is 5.92 Å². The summed E-state index contributed by atoms with van der Waals surface area (Å²) in [5, 5.41) is 10.7. The molecule has 3 aromatic rings. The number of primary amides is 2. The van der Waals surface area contributed by atoms with Gasteiger partial charge in [0.1, 0.15) is 24.7 Å². The average molecular weight is 744 g/mol. The maximum absolute atomic E-state index is 14.0. The summed E-state index contributed by atoms with van der Waals surface area (Å²) >= 11 is 0. The molecule has 54 heavy (non-hydrogen) atoms. The van der Waals surface area contributed by atoms with Crippen LogP contribution in [-0.4, -0.2) is 70.3 Å². The first-order valence-electron chi connectivity index (χ1n) is 17.6. The number of carbonyl (C=O) groups is 7. The van der Waals surface area contributed by atoms with E-state index in [1.54, 1.807) is 79.1 Å². The second-order valence-electron chi connectivity index (χ2n) is 13.1. The summed E-state index contributed by atoms with van der Waals surface area (Å²) in [4.78, 5) is 90.0. The Morgan fingerprint density at radius 3 is 1.80 bits per heavy atom. The Hall–Kier alpha value is -6.25. The number of rotatable bonds is 21. The van der Waals surface area contributed by atoms with Crippen LogP contribution in [0.4, 0.5) is 4.79 Å². The van der Waals surface area contributed by atoms with Crippen LogP contribution in [0.2, 0.25) is 0 Å². The molecule has 6 amide bonds. The molecule has 0 radical (unpaired) electrons. The van der Waals surface area contributed by atoms with Gasteiger partial charge >= 0.3 is 6.09 Å². The zero-order chi connectivity index (χ0) is 39.5. The number of allylic oxidation sites excluding steroid dienone is 1. The van der Waals surface area contributed by atoms with Gasteiger partial charge in [0.2, 0.25) is 29.5 Å². The van der Waals surface area contributed by atoms with Crippen molar-refractivity contribution in [3.05, 3.63) is 108 Å². The summed E-state index contributed by atoms with van der Waals surface area (Å²) in [6, 6.07) is 16.7. The van der Waals surface area contributed by atoms with E-state index in [9.17, 15) is 33.6 Å². The maximum Gasteiger partial charge on any atom is 0.408 e. The van der Waals surface area contributed by atoms with E-state index in [0.29, 0.717) is 5.56 Å². The van der Waals surface area contributed by atoms with E-state index in [2.05, 4.69) is 21.3 Å². The second kappa shape index (κ2) is 22.0. The number of nitrogens with two attached hydrogens (primary N) is 2. The summed E-state index contributed by atoms with van der Waals surface area (Å²) in [6.07, 6.45) is 4.59. The van der Waals surface area contributed by atoms with Gasteiger partial charge in [0.05, 0.1) is 0 Å². The zero-order valence-corrected chi connectivity index (χ0v) is 30.4. The predicted octanol–water partition coefficient (Wildman–Crippen LogP) is 2.25. The Labute approximate surface area is 314 Å². The van der Waals surface area contributed by atoms with Crippen molar-refractivity contribution in [2.75, 3.05) is 0 Å². The third kappa shape index (κ3) is 15.6. The molecule has 15 heteroatoms. The highest BCUT2D eigenvalue weighted by Gasteiger charge is 2.31. The minimum absolute atomic E-state index is 0.0148. The number of carbonyl (C=O) groups excluding carboxylic acids is 7. The highest BCUT2D eigenvalue weighted by molar-refractivity contribution is 5.94. The number of hydrogen-bond donors (Lipinski definition) is 6. The van der Waals surface area contributed by atoms with Gasteiger partial charge in [-0.25, -0.2) is 4.79 Å². The molecule has 0 fully saturated rings. The van der Waals surface area contributed by atoms with Crippen molar-refractivity contribution in [3.8, 4) is 0 Å². The molecule has 0 aliphatic heterocycles. The van der Waals surface area contributed by atoms with Crippen molar-refractivity contribution < 1.29 is 38.3 Å². The SMILES string of the molecule is CC(C)C[C@H](NC(=O)OCc1ccccc1)C(=O)N[C@@H](Cc1ccccc1)C(=O)N[C@@H](CCC(N)=O)C(=O)N[C@H](/C=C/C(=O)n1cccc1)CCC(N)=O. The number of benzene rings is 2. The van der Waals surface area contributed by atoms with E-state index in [1.165, 1.54) is 16.7 Å². The monoisotopic (exact) mass is 743 g/mol. The molecule has 3 rings (SSSR count). The van der Waals surface area contributed by atoms with Crippen LogP contribution in [0.3, 0.4) is 0 Å². The zero-order valence-electron chi connectivity index (χ0n) is 30.4. The summed E-state index contributed by atoms with van der Waals surface area (Å²) in [6.45, 7) is 3.73. The molecule has 0 unspecified atom stereocenters. The summed E-state index contributed by atoms with van der Waals surface area (Å²) < 4.78 is 6.65. The lowest BCUT2D eigenvalue weighted by molar-refractivity contribution is -0.133. The minimum atomic E-state index is -1.32. The Kier molecular flexibility index (Phi) is 17.1. The topological polar surface area (TPSA) is 234 Å². The first-order valence-corrected chi connectivity index (χ1v) is 17.6. The molecule has 8 N–H and O–H groups in total. The van der Waals surface area contributed by atoms with Crippen LogP contribution in [-0.2, 0) is 41.7 Å². The highest BCUT2D eigenvalue weighted by atomic mass is 16.5. The van der Waals surface area contributed by atoms with Gasteiger partial charge in [-0.05, 0) is 48.4 Å². The van der Waals surface area contributed by atoms with E-state index in [0.717, 1.165) is 5.56 Å². The lowest BCUT2D eigenvalue weighted by Crippen LogP contribution is -2.58. The van der Waals surface area contributed by atoms with E-state index in [4.69, 9.17) is 16.2 Å². The Balaban J connectivity index is 1.81. The van der Waals surface area contributed by atoms with E-state index in [1.807, 2.05) is 19.9 Å². The van der Waals surface area contributed by atoms with E-state index >= 15 is 0 Å². The quantitative estimate of drug-likeness (QED) is 0.0884. The molecule has 0 aliphatic carbocycles. The van der Waals surface area contributed by atoms with E-state index < -0.39 is 65.7 Å². The first kappa shape index (κ1) is 42.2. The fourth-order valence-electron chi connectivity index (χ4n) is 5.33. The van der Waals surface area contributed by atoms with Crippen molar-refractivity contribution in [2.45, 2.75) is 83.1 Å². The summed E-state index contributed by atoms with van der Waals surface area (Å²) in [5.74, 6) is -3.94. The van der Waals surface area contributed by atoms with Crippen LogP contribution in [0.25, 0.3) is 0 Å². The average Bonchev–Trinajstić information content (AvgIpc) is 3.69. The van der Waals surface area contributed by atoms with Crippen LogP contribution in [0.1, 0.15) is 61.9 Å². The first-order chi connectivity index (χ1) is 25.8. The fourth-order valence-corrected chi connectivity index (χ4v) is 5.33. The van der Waals surface area contributed by atoms with Crippen molar-refractivity contribution in [2.24, 2.45) is 17.4 Å². The second-order valence-corrected chi connectivity index (χ2v) is 13.1. The third-order valence-electron chi connectivity index (χ3n) is 8.12. The Morgan fingerprint density at radius 1 is 0.667 bits per heavy atom. The highest BCUT2D eigenvalue weighted by Crippen LogP contribution is 2.11. The van der Waals surface area contributed by atoms with Crippen molar-refractivity contribution >= 4 is 41.5 Å². The standard InChI is InChI=1S/C39H49N7O8/c1-26(2)23-31(45-39(53)54-25-28-13-7-4-8-14-28)37(51)44-32(24-27-11-5-3-6-12-27)38(52)43-30(17-19-34(41)48)36(50)42-29(15-18-33(40)47)16-20-35(49)46-21-9-10-22-46/h3-14,16,20-22,26,29-32H,15,17-19,23-25H2,1-2H3,(H2,40,47)(H2,41,48)(H,42,50)(H,43,52)(H,44,51)(H,45,53)/b20-16+/t29-,30-,31-,32-/m0/s1. The van der Waals surface area contributed by atoms with Crippen LogP contribution >= 0.6 is 0 Å². The number of alkyl carbamates (subject to hydrolysis) is 1. The third-order valence-corrected chi connectivity index (χ3v) is 8.12. The lowest BCUT2D eigenvalue weighted by atomic mass is 10.0. The van der Waals surface area contributed by atoms with Gasteiger partial charge < -0.3 is 37.5 Å². The molecule has 4 atom stereocenters. The van der Waals surface area contributed by atoms with Gasteiger partial charge in [-0.2, -0.15) is 0 Å². The van der Waals surface area contributed by atoms with Gasteiger partial charge in [-0.1, -0.05) is 80.6 Å². The molecule has 0 aliphatic rings. The molecule has 1 aromatic heterocycles. The Morgan fingerprint density at radius 2 is 1.20 bits per heavy atom. The number of nitrogens with zero attached hydrogens (tertiary/aromatic N) is 1. The molecule has 15 nitrogen and oxygen atoms in total. The van der Waals surface area contributed by atoms with Crippen molar-refractivity contribution in [3.63, 3.8) is 0 Å². The number of aromatic nitrogens is 1. The smallest absolute Gasteiger partial charge is 0.408 e. The molecule has 0 bridgehead atoms. The molecule has 0 saturated carbocycles. The van der Waals surface area contributed by atoms with Crippen LogP contribution in [0.15, 0.2) is 97.3 Å². The molecule has 0 saturated heterocycles. The molecule has 0 spiro atoms. The molecular formula is C39H49N7O8. The predicted molar refractivity (Wildman–Crippen MR) is 200 cm³/mol. The van der Waals surface area contributed by atoms with Gasteiger partial charge in [0.15, 0.2) is 0 Å². The molecule has 288 valence electrons.